The lowest BCUT2D eigenvalue weighted by molar-refractivity contribution is -0.244. The van der Waals surface area contributed by atoms with E-state index in [0.717, 1.165) is 0 Å². The maximum atomic E-state index is 12.4. The molecule has 7 heteroatoms. The number of hydrogen-bond acceptors (Lipinski definition) is 4. The zero-order valence-electron chi connectivity index (χ0n) is 13.7. The normalized spacial score (nSPS) is 29.5. The van der Waals surface area contributed by atoms with Gasteiger partial charge in [-0.05, 0) is 44.0 Å². The topological polar surface area (TPSA) is 82.0 Å². The van der Waals surface area contributed by atoms with Crippen LogP contribution in [0.4, 0.5) is 10.5 Å². The Labute approximate surface area is 146 Å². The van der Waals surface area contributed by atoms with Crippen molar-refractivity contribution in [3.05, 3.63) is 29.3 Å². The van der Waals surface area contributed by atoms with Crippen molar-refractivity contribution >= 4 is 23.3 Å². The second kappa shape index (κ2) is 6.52. The van der Waals surface area contributed by atoms with Crippen LogP contribution < -0.4 is 5.32 Å². The molecule has 1 spiro atoms. The van der Waals surface area contributed by atoms with Crippen LogP contribution in [0.1, 0.15) is 26.2 Å². The number of aliphatic hydroxyl groups is 2. The van der Waals surface area contributed by atoms with Crippen molar-refractivity contribution in [1.29, 1.82) is 0 Å². The third-order valence-electron chi connectivity index (χ3n) is 5.08. The summed E-state index contributed by atoms with van der Waals surface area (Å²) in [5.74, 6) is 0. The van der Waals surface area contributed by atoms with E-state index in [0.29, 0.717) is 49.7 Å². The largest absolute Gasteiger partial charge is 0.387 e. The molecule has 0 saturated carbocycles. The number of nitrogens with one attached hydrogen (secondary N) is 1. The number of benzene rings is 1. The Morgan fingerprint density at radius 2 is 1.92 bits per heavy atom. The number of anilines is 1. The van der Waals surface area contributed by atoms with Crippen LogP contribution in [0.3, 0.4) is 0 Å². The van der Waals surface area contributed by atoms with E-state index in [9.17, 15) is 15.0 Å². The Hall–Kier alpha value is -1.34. The van der Waals surface area contributed by atoms with Crippen LogP contribution in [0.25, 0.3) is 0 Å². The summed E-state index contributed by atoms with van der Waals surface area (Å²) < 4.78 is 5.83. The van der Waals surface area contributed by atoms with Crippen molar-refractivity contribution in [2.45, 2.75) is 43.5 Å². The summed E-state index contributed by atoms with van der Waals surface area (Å²) in [4.78, 5) is 14.1. The van der Waals surface area contributed by atoms with Gasteiger partial charge in [0.15, 0.2) is 0 Å². The molecule has 0 aliphatic carbocycles. The highest BCUT2D eigenvalue weighted by atomic mass is 35.5. The SMILES string of the molecule is C[C@@]1(O)CCOC2(CCN(C(=O)Nc3ccc(Cl)cc3)CC2)[C@H]1O. The molecule has 2 heterocycles. The molecule has 2 saturated heterocycles. The molecule has 2 fully saturated rings. The van der Waals surface area contributed by atoms with Crippen LogP contribution in [0.5, 0.6) is 0 Å². The van der Waals surface area contributed by atoms with E-state index in [4.69, 9.17) is 16.3 Å². The second-order valence-electron chi connectivity index (χ2n) is 6.85. The molecule has 2 aliphatic heterocycles. The van der Waals surface area contributed by atoms with Crippen LogP contribution in [0.15, 0.2) is 24.3 Å². The Balaban J connectivity index is 1.60. The van der Waals surface area contributed by atoms with Crippen molar-refractivity contribution in [2.24, 2.45) is 0 Å². The van der Waals surface area contributed by atoms with E-state index in [1.807, 2.05) is 0 Å². The van der Waals surface area contributed by atoms with Gasteiger partial charge in [0.25, 0.3) is 0 Å². The van der Waals surface area contributed by atoms with E-state index in [-0.39, 0.29) is 6.03 Å². The van der Waals surface area contributed by atoms with Crippen molar-refractivity contribution in [3.8, 4) is 0 Å². The highest BCUT2D eigenvalue weighted by Gasteiger charge is 2.52. The second-order valence-corrected chi connectivity index (χ2v) is 7.28. The smallest absolute Gasteiger partial charge is 0.321 e. The molecule has 2 atom stereocenters. The molecule has 24 heavy (non-hydrogen) atoms. The minimum Gasteiger partial charge on any atom is -0.387 e. The molecule has 0 radical (unpaired) electrons. The summed E-state index contributed by atoms with van der Waals surface area (Å²) >= 11 is 5.84. The van der Waals surface area contributed by atoms with E-state index in [1.54, 1.807) is 36.1 Å². The Morgan fingerprint density at radius 1 is 1.29 bits per heavy atom. The minimum absolute atomic E-state index is 0.191. The predicted molar refractivity (Wildman–Crippen MR) is 91.2 cm³/mol. The fraction of sp³-hybridized carbons (Fsp3) is 0.588. The molecule has 1 aromatic rings. The number of nitrogens with zero attached hydrogens (tertiary/aromatic N) is 1. The van der Waals surface area contributed by atoms with Gasteiger partial charge in [-0.15, -0.1) is 0 Å². The standard InChI is InChI=1S/C17H23ClN2O4/c1-16(23)8-11-24-17(14(16)21)6-9-20(10-7-17)15(22)19-13-4-2-12(18)3-5-13/h2-5,14,21,23H,6-11H2,1H3,(H,19,22)/t14-,16+/m0/s1. The Bertz CT molecular complexity index is 597. The average molecular weight is 355 g/mol. The summed E-state index contributed by atoms with van der Waals surface area (Å²) in [5.41, 5.74) is -1.23. The quantitative estimate of drug-likeness (QED) is 0.722. The molecule has 0 aromatic heterocycles. The third-order valence-corrected chi connectivity index (χ3v) is 5.33. The summed E-state index contributed by atoms with van der Waals surface area (Å²) in [6, 6.07) is 6.74. The van der Waals surface area contributed by atoms with Crippen molar-refractivity contribution in [3.63, 3.8) is 0 Å². The van der Waals surface area contributed by atoms with Crippen LogP contribution in [-0.2, 0) is 4.74 Å². The van der Waals surface area contributed by atoms with Crippen molar-refractivity contribution < 1.29 is 19.7 Å². The number of likely N-dealkylation sites (tertiary alicyclic amines) is 1. The molecule has 0 unspecified atom stereocenters. The van der Waals surface area contributed by atoms with Crippen LogP contribution in [-0.4, -0.2) is 58.1 Å². The van der Waals surface area contributed by atoms with Crippen LogP contribution in [0.2, 0.25) is 5.02 Å². The van der Waals surface area contributed by atoms with E-state index in [1.165, 1.54) is 0 Å². The molecule has 0 bridgehead atoms. The van der Waals surface area contributed by atoms with Gasteiger partial charge in [-0.3, -0.25) is 0 Å². The molecule has 2 amide bonds. The molecule has 132 valence electrons. The predicted octanol–water partition coefficient (Wildman–Crippen LogP) is 2.24. The summed E-state index contributed by atoms with van der Waals surface area (Å²) in [5, 5.41) is 24.3. The number of carbonyl (C=O) groups is 1. The molecular weight excluding hydrogens is 332 g/mol. The molecule has 3 rings (SSSR count). The van der Waals surface area contributed by atoms with Gasteiger partial charge in [0.1, 0.15) is 11.7 Å². The lowest BCUT2D eigenvalue weighted by Gasteiger charge is -2.51. The first-order valence-electron chi connectivity index (χ1n) is 8.18. The summed E-state index contributed by atoms with van der Waals surface area (Å²) in [7, 11) is 0. The monoisotopic (exact) mass is 354 g/mol. The molecule has 3 N–H and O–H groups in total. The summed E-state index contributed by atoms with van der Waals surface area (Å²) in [6.07, 6.45) is 0.466. The number of carbonyl (C=O) groups excluding carboxylic acids is 1. The number of aliphatic hydroxyl groups excluding tert-OH is 1. The molecule has 6 nitrogen and oxygen atoms in total. The lowest BCUT2D eigenvalue weighted by Crippen LogP contribution is -2.64. The minimum atomic E-state index is -1.15. The van der Waals surface area contributed by atoms with Gasteiger partial charge in [0.2, 0.25) is 0 Å². The summed E-state index contributed by atoms with van der Waals surface area (Å²) in [6.45, 7) is 2.99. The van der Waals surface area contributed by atoms with Crippen LogP contribution in [0, 0.1) is 0 Å². The number of rotatable bonds is 1. The molecular formula is C17H23ClN2O4. The zero-order chi connectivity index (χ0) is 17.4. The highest BCUT2D eigenvalue weighted by molar-refractivity contribution is 6.30. The maximum Gasteiger partial charge on any atom is 0.321 e. The highest BCUT2D eigenvalue weighted by Crippen LogP contribution is 2.39. The van der Waals surface area contributed by atoms with Gasteiger partial charge in [-0.2, -0.15) is 0 Å². The zero-order valence-corrected chi connectivity index (χ0v) is 14.4. The fourth-order valence-corrected chi connectivity index (χ4v) is 3.61. The number of ether oxygens (including phenoxy) is 1. The first-order chi connectivity index (χ1) is 11.3. The van der Waals surface area contributed by atoms with Gasteiger partial charge in [-0.1, -0.05) is 11.6 Å². The average Bonchev–Trinajstić information content (AvgIpc) is 2.55. The number of amides is 2. The van der Waals surface area contributed by atoms with Crippen molar-refractivity contribution in [1.82, 2.24) is 4.90 Å². The van der Waals surface area contributed by atoms with Gasteiger partial charge in [-0.25, -0.2) is 4.79 Å². The lowest BCUT2D eigenvalue weighted by atomic mass is 9.75. The van der Waals surface area contributed by atoms with E-state index >= 15 is 0 Å². The third kappa shape index (κ3) is 3.37. The molecule has 1 aromatic carbocycles. The van der Waals surface area contributed by atoms with E-state index in [2.05, 4.69) is 5.32 Å². The van der Waals surface area contributed by atoms with Gasteiger partial charge >= 0.3 is 6.03 Å². The van der Waals surface area contributed by atoms with E-state index < -0.39 is 17.3 Å². The van der Waals surface area contributed by atoms with Gasteiger partial charge in [0.05, 0.1) is 12.2 Å². The molecule has 2 aliphatic rings. The Kier molecular flexibility index (Phi) is 4.75. The Morgan fingerprint density at radius 3 is 2.54 bits per heavy atom. The number of halogens is 1. The first kappa shape index (κ1) is 17.5. The van der Waals surface area contributed by atoms with Crippen molar-refractivity contribution in [2.75, 3.05) is 25.0 Å². The van der Waals surface area contributed by atoms with Crippen LogP contribution >= 0.6 is 11.6 Å². The first-order valence-corrected chi connectivity index (χ1v) is 8.56. The maximum absolute atomic E-state index is 12.4. The fourth-order valence-electron chi connectivity index (χ4n) is 3.49. The number of piperidine rings is 1. The number of hydrogen-bond donors (Lipinski definition) is 3. The number of urea groups is 1. The van der Waals surface area contributed by atoms with Gasteiger partial charge < -0.3 is 25.2 Å². The van der Waals surface area contributed by atoms with Gasteiger partial charge in [0, 0.05) is 30.2 Å².